The van der Waals surface area contributed by atoms with Crippen LogP contribution in [0.4, 0.5) is 0 Å². The van der Waals surface area contributed by atoms with Gasteiger partial charge >= 0.3 is 11.9 Å². The molecule has 462 valence electrons. The van der Waals surface area contributed by atoms with Crippen LogP contribution >= 0.6 is 0 Å². The Morgan fingerprint density at radius 2 is 0.744 bits per heavy atom. The Bertz CT molecular complexity index is 2680. The fraction of sp³-hybridized carbons (Fsp3) is 0.465. The molecule has 0 bridgehead atoms. The number of rotatable bonds is 11. The van der Waals surface area contributed by atoms with Gasteiger partial charge in [0.1, 0.15) is 18.8 Å². The highest BCUT2D eigenvalue weighted by Gasteiger charge is 2.50. The van der Waals surface area contributed by atoms with Gasteiger partial charge in [0.15, 0.2) is 0 Å². The Labute approximate surface area is 512 Å². The molecule has 1 aliphatic heterocycles. The van der Waals surface area contributed by atoms with Crippen LogP contribution < -0.4 is 31.6 Å². The Kier molecular flexibility index (Phi) is 29.5. The van der Waals surface area contributed by atoms with Crippen LogP contribution in [0.2, 0.25) is 5.04 Å². The molecule has 2 atom stereocenters. The highest BCUT2D eigenvalue weighted by molar-refractivity contribution is 6.99. The van der Waals surface area contributed by atoms with Crippen molar-refractivity contribution in [2.24, 2.45) is 0 Å². The van der Waals surface area contributed by atoms with E-state index in [9.17, 15) is 28.8 Å². The zero-order valence-corrected chi connectivity index (χ0v) is 52.2. The second-order valence-corrected chi connectivity index (χ2v) is 27.8. The summed E-state index contributed by atoms with van der Waals surface area (Å²) in [5.74, 6) is -2.15. The number of carbonyl (C=O) groups is 6. The lowest BCUT2D eigenvalue weighted by Gasteiger charge is -2.43. The number of benzene rings is 5. The van der Waals surface area contributed by atoms with Gasteiger partial charge in [-0.1, -0.05) is 249 Å². The maximum Gasteiger partial charge on any atom is 0.305 e. The fourth-order valence-electron chi connectivity index (χ4n) is 11.2. The molecular weight excluding hydrogens is 1100 g/mol. The van der Waals surface area contributed by atoms with Gasteiger partial charge < -0.3 is 39.9 Å². The summed E-state index contributed by atoms with van der Waals surface area (Å²) in [6, 6.07) is 48.5. The van der Waals surface area contributed by atoms with E-state index in [0.29, 0.717) is 25.9 Å². The topological polar surface area (TPSA) is 187 Å². The first-order valence-corrected chi connectivity index (χ1v) is 33.4. The maximum atomic E-state index is 14.2. The molecule has 0 spiro atoms. The van der Waals surface area contributed by atoms with E-state index >= 15 is 0 Å². The van der Waals surface area contributed by atoms with Crippen molar-refractivity contribution in [2.45, 2.75) is 172 Å². The van der Waals surface area contributed by atoms with Crippen molar-refractivity contribution in [1.82, 2.24) is 21.3 Å². The summed E-state index contributed by atoms with van der Waals surface area (Å²) >= 11 is 0. The van der Waals surface area contributed by atoms with Gasteiger partial charge in [0.05, 0.1) is 25.3 Å². The molecule has 2 unspecified atom stereocenters. The van der Waals surface area contributed by atoms with E-state index < -0.39 is 37.8 Å². The first-order chi connectivity index (χ1) is 41.8. The van der Waals surface area contributed by atoms with Crippen LogP contribution in [-0.2, 0) is 53.0 Å². The normalized spacial score (nSPS) is 19.4. The molecule has 0 fully saturated rings. The molecule has 1 heterocycles. The van der Waals surface area contributed by atoms with Gasteiger partial charge in [0.2, 0.25) is 23.6 Å². The number of amides is 4. The average Bonchev–Trinajstić information content (AvgIpc) is 0.892. The molecule has 5 aromatic rings. The van der Waals surface area contributed by atoms with E-state index in [2.05, 4.69) is 66.3 Å². The summed E-state index contributed by atoms with van der Waals surface area (Å²) in [6.45, 7) is 7.31. The predicted octanol–water partition coefficient (Wildman–Crippen LogP) is 11.2. The van der Waals surface area contributed by atoms with Crippen LogP contribution in [0.5, 0.6) is 0 Å². The van der Waals surface area contributed by atoms with Crippen molar-refractivity contribution in [1.29, 1.82) is 0 Å². The first-order valence-electron chi connectivity index (χ1n) is 31.5. The molecule has 0 radical (unpaired) electrons. The zero-order valence-electron chi connectivity index (χ0n) is 51.2. The van der Waals surface area contributed by atoms with Crippen molar-refractivity contribution < 1.29 is 47.4 Å². The number of nitrogens with one attached hydrogen (secondary N) is 4. The number of hydrogen-bond donors (Lipinski definition) is 4. The zero-order chi connectivity index (χ0) is 61.1. The smallest absolute Gasteiger partial charge is 0.305 e. The van der Waals surface area contributed by atoms with Crippen molar-refractivity contribution in [3.63, 3.8) is 0 Å². The number of hydrogen-bond acceptors (Lipinski definition) is 10. The van der Waals surface area contributed by atoms with Crippen molar-refractivity contribution in [3.05, 3.63) is 181 Å². The molecule has 0 aromatic heterocycles. The molecule has 15 heteroatoms. The van der Waals surface area contributed by atoms with Crippen LogP contribution in [0.25, 0.3) is 0 Å². The van der Waals surface area contributed by atoms with E-state index in [4.69, 9.17) is 18.6 Å². The lowest BCUT2D eigenvalue weighted by Crippen LogP contribution is -2.67. The molecular formula is C71H94N4O10Si. The molecule has 86 heavy (non-hydrogen) atoms. The van der Waals surface area contributed by atoms with E-state index in [1.165, 1.54) is 12.2 Å². The Hall–Kier alpha value is -7.20. The number of carbonyl (C=O) groups excluding carboxylic acids is 6. The van der Waals surface area contributed by atoms with Crippen molar-refractivity contribution in [3.8, 4) is 0 Å². The quantitative estimate of drug-likeness (QED) is 0.0563. The van der Waals surface area contributed by atoms with Gasteiger partial charge in [-0.15, -0.1) is 0 Å². The largest absolute Gasteiger partial charge is 0.463 e. The van der Waals surface area contributed by atoms with Gasteiger partial charge in [-0.25, -0.2) is 0 Å². The average molecular weight is 1190 g/mol. The fourth-order valence-corrected chi connectivity index (χ4v) is 15.8. The summed E-state index contributed by atoms with van der Waals surface area (Å²) in [6.07, 6.45) is 17.5. The third-order valence-electron chi connectivity index (χ3n) is 15.8. The molecule has 14 nitrogen and oxygen atoms in total. The van der Waals surface area contributed by atoms with Crippen molar-refractivity contribution >= 4 is 54.3 Å². The van der Waals surface area contributed by atoms with Gasteiger partial charge in [-0.05, 0) is 57.8 Å². The van der Waals surface area contributed by atoms with Gasteiger partial charge in [0, 0.05) is 50.9 Å². The SMILES string of the molecule is CC(C)(C)[Si](OCC1COC(=O)CCCCCCCCCCNC(=O)/C=C/C(=O)NCCCCCCCCCCC(=O)OCC(COC(c2ccccc2)(c2ccccc2)c2ccccc2)NC(=O)CCC(=O)N1)(c1ccccc1)c1ccccc1. The van der Waals surface area contributed by atoms with Crippen LogP contribution in [-0.4, -0.2) is 95.5 Å². The third kappa shape index (κ3) is 22.6. The lowest BCUT2D eigenvalue weighted by atomic mass is 9.80. The second kappa shape index (κ2) is 37.4. The van der Waals surface area contributed by atoms with Crippen molar-refractivity contribution in [2.75, 3.05) is 39.5 Å². The Morgan fingerprint density at radius 1 is 0.419 bits per heavy atom. The van der Waals surface area contributed by atoms with E-state index in [1.807, 2.05) is 127 Å². The van der Waals surface area contributed by atoms with Crippen LogP contribution in [0.1, 0.15) is 166 Å². The molecule has 4 N–H and O–H groups in total. The molecule has 0 saturated carbocycles. The van der Waals surface area contributed by atoms with E-state index in [1.54, 1.807) is 0 Å². The number of cyclic esters (lactones) is 2. The molecule has 4 amide bonds. The van der Waals surface area contributed by atoms with Gasteiger partial charge in [0.25, 0.3) is 8.32 Å². The van der Waals surface area contributed by atoms with Crippen LogP contribution in [0.15, 0.2) is 164 Å². The van der Waals surface area contributed by atoms with Crippen LogP contribution in [0.3, 0.4) is 0 Å². The molecule has 0 aliphatic carbocycles. The highest BCUT2D eigenvalue weighted by Crippen LogP contribution is 2.41. The minimum absolute atomic E-state index is 0.0391. The standard InChI is InChI=1S/C71H94N4O10Si/c1-70(2,3)86(62-41-27-19-28-42-62,63-43-29-20-30-44-63)85-56-61-54-83-69(81)46-32-13-9-5-7-11-15-34-52-73-65(77)48-47-64(76)72-51-33-14-10-6-4-8-12-31-45-68(80)82-53-60(74-66(78)49-50-67(79)75-61)55-84-71(57-35-21-16-22-36-57,58-37-23-17-24-38-58)59-39-25-18-26-40-59/h16-30,35-44,47-48,60-61H,4-15,31-34,45-46,49-56H2,1-3H3,(H,72,76)(H,73,77)(H,74,78)(H,75,79)/b48-47+. The minimum Gasteiger partial charge on any atom is -0.463 e. The number of esters is 2. The van der Waals surface area contributed by atoms with E-state index in [-0.39, 0.29) is 80.9 Å². The van der Waals surface area contributed by atoms with Crippen LogP contribution in [0, 0.1) is 0 Å². The summed E-state index contributed by atoms with van der Waals surface area (Å²) in [4.78, 5) is 79.7. The minimum atomic E-state index is -3.09. The van der Waals surface area contributed by atoms with Gasteiger partial charge in [-0.2, -0.15) is 0 Å². The monoisotopic (exact) mass is 1190 g/mol. The summed E-state index contributed by atoms with van der Waals surface area (Å²) in [5.41, 5.74) is 1.48. The van der Waals surface area contributed by atoms with E-state index in [0.717, 1.165) is 117 Å². The van der Waals surface area contributed by atoms with Gasteiger partial charge in [-0.3, -0.25) is 28.8 Å². The maximum absolute atomic E-state index is 14.2. The highest BCUT2D eigenvalue weighted by atomic mass is 28.4. The summed E-state index contributed by atoms with van der Waals surface area (Å²) < 4.78 is 26.2. The molecule has 1 aliphatic rings. The molecule has 6 rings (SSSR count). The third-order valence-corrected chi connectivity index (χ3v) is 20.8. The lowest BCUT2D eigenvalue weighted by molar-refractivity contribution is -0.146. The Balaban J connectivity index is 1.18. The molecule has 5 aromatic carbocycles. The first kappa shape index (κ1) is 67.9. The number of ether oxygens (including phenoxy) is 3. The predicted molar refractivity (Wildman–Crippen MR) is 342 cm³/mol. The molecule has 0 saturated heterocycles. The summed E-state index contributed by atoms with van der Waals surface area (Å²) in [7, 11) is -3.09. The second-order valence-electron chi connectivity index (χ2n) is 23.5. The Morgan fingerprint density at radius 3 is 1.10 bits per heavy atom. The summed E-state index contributed by atoms with van der Waals surface area (Å²) in [5, 5.41) is 13.6.